The molecule has 0 saturated carbocycles. The number of halogens is 1. The number of rotatable bonds is 4. The predicted octanol–water partition coefficient (Wildman–Crippen LogP) is 3.21. The number of nitrogens with zero attached hydrogens (tertiary/aromatic N) is 1. The van der Waals surface area contributed by atoms with E-state index in [1.807, 2.05) is 12.1 Å². The van der Waals surface area contributed by atoms with Crippen molar-refractivity contribution in [1.82, 2.24) is 4.90 Å². The van der Waals surface area contributed by atoms with Crippen molar-refractivity contribution in [3.63, 3.8) is 0 Å². The maximum absolute atomic E-state index is 13.9. The number of nitrogens with two attached hydrogens (primary N) is 1. The van der Waals surface area contributed by atoms with Gasteiger partial charge in [0, 0.05) is 12.1 Å². The van der Waals surface area contributed by atoms with E-state index in [1.54, 1.807) is 6.07 Å². The first kappa shape index (κ1) is 15.5. The minimum Gasteiger partial charge on any atom is -0.329 e. The van der Waals surface area contributed by atoms with E-state index in [9.17, 15) is 4.39 Å². The maximum Gasteiger partial charge on any atom is 0.126 e. The zero-order valence-corrected chi connectivity index (χ0v) is 12.7. The summed E-state index contributed by atoms with van der Waals surface area (Å²) in [6, 6.07) is 7.06. The SMILES string of the molecule is CC1CCCN(C(C)(CN)Cc2ccccc2F)CC1. The van der Waals surface area contributed by atoms with Crippen molar-refractivity contribution in [2.24, 2.45) is 11.7 Å². The molecule has 0 bridgehead atoms. The lowest BCUT2D eigenvalue weighted by Crippen LogP contribution is -2.53. The van der Waals surface area contributed by atoms with Gasteiger partial charge in [-0.25, -0.2) is 4.39 Å². The molecule has 1 aromatic carbocycles. The summed E-state index contributed by atoms with van der Waals surface area (Å²) in [6.45, 7) is 7.21. The van der Waals surface area contributed by atoms with Crippen LogP contribution >= 0.6 is 0 Å². The quantitative estimate of drug-likeness (QED) is 0.916. The second-order valence-corrected chi connectivity index (χ2v) is 6.49. The molecule has 2 N–H and O–H groups in total. The summed E-state index contributed by atoms with van der Waals surface area (Å²) < 4.78 is 13.9. The van der Waals surface area contributed by atoms with Crippen LogP contribution in [0.4, 0.5) is 4.39 Å². The van der Waals surface area contributed by atoms with E-state index < -0.39 is 0 Å². The first-order chi connectivity index (χ1) is 9.55. The molecule has 2 rings (SSSR count). The summed E-state index contributed by atoms with van der Waals surface area (Å²) >= 11 is 0. The average molecular weight is 278 g/mol. The van der Waals surface area contributed by atoms with Gasteiger partial charge in [0.05, 0.1) is 0 Å². The molecule has 2 nitrogen and oxygen atoms in total. The molecule has 2 unspecified atom stereocenters. The fourth-order valence-corrected chi connectivity index (χ4v) is 3.17. The van der Waals surface area contributed by atoms with Crippen LogP contribution in [0, 0.1) is 11.7 Å². The van der Waals surface area contributed by atoms with Crippen molar-refractivity contribution in [1.29, 1.82) is 0 Å². The zero-order valence-electron chi connectivity index (χ0n) is 12.7. The van der Waals surface area contributed by atoms with Gasteiger partial charge in [0.1, 0.15) is 5.82 Å². The van der Waals surface area contributed by atoms with Crippen molar-refractivity contribution < 1.29 is 4.39 Å². The number of likely N-dealkylation sites (tertiary alicyclic amines) is 1. The zero-order chi connectivity index (χ0) is 14.6. The lowest BCUT2D eigenvalue weighted by Gasteiger charge is -2.40. The molecule has 0 spiro atoms. The third-order valence-corrected chi connectivity index (χ3v) is 4.75. The molecule has 0 aliphatic carbocycles. The van der Waals surface area contributed by atoms with Crippen molar-refractivity contribution in [3.05, 3.63) is 35.6 Å². The first-order valence-electron chi connectivity index (χ1n) is 7.74. The average Bonchev–Trinajstić information content (AvgIpc) is 2.66. The van der Waals surface area contributed by atoms with Crippen LogP contribution < -0.4 is 5.73 Å². The first-order valence-corrected chi connectivity index (χ1v) is 7.74. The van der Waals surface area contributed by atoms with Gasteiger partial charge in [-0.05, 0) is 63.2 Å². The lowest BCUT2D eigenvalue weighted by atomic mass is 9.90. The van der Waals surface area contributed by atoms with Crippen molar-refractivity contribution in [2.45, 2.75) is 45.1 Å². The molecule has 2 atom stereocenters. The highest BCUT2D eigenvalue weighted by atomic mass is 19.1. The van der Waals surface area contributed by atoms with Crippen LogP contribution in [0.15, 0.2) is 24.3 Å². The van der Waals surface area contributed by atoms with Crippen LogP contribution in [0.5, 0.6) is 0 Å². The van der Waals surface area contributed by atoms with Gasteiger partial charge in [0.25, 0.3) is 0 Å². The Morgan fingerprint density at radius 2 is 2.05 bits per heavy atom. The van der Waals surface area contributed by atoms with Crippen molar-refractivity contribution in [2.75, 3.05) is 19.6 Å². The Labute approximate surface area is 122 Å². The maximum atomic E-state index is 13.9. The molecule has 1 saturated heterocycles. The Hall–Kier alpha value is -0.930. The summed E-state index contributed by atoms with van der Waals surface area (Å²) in [5, 5.41) is 0. The predicted molar refractivity (Wildman–Crippen MR) is 82.2 cm³/mol. The van der Waals surface area contributed by atoms with Gasteiger partial charge in [-0.3, -0.25) is 4.90 Å². The number of hydrogen-bond acceptors (Lipinski definition) is 2. The van der Waals surface area contributed by atoms with E-state index in [0.29, 0.717) is 13.0 Å². The van der Waals surface area contributed by atoms with Gasteiger partial charge in [-0.15, -0.1) is 0 Å². The van der Waals surface area contributed by atoms with E-state index in [-0.39, 0.29) is 11.4 Å². The minimum atomic E-state index is -0.147. The normalized spacial score (nSPS) is 24.1. The van der Waals surface area contributed by atoms with Crippen molar-refractivity contribution in [3.8, 4) is 0 Å². The topological polar surface area (TPSA) is 29.3 Å². The standard InChI is InChI=1S/C17H27FN2/c1-14-6-5-10-20(11-9-14)17(2,13-19)12-15-7-3-4-8-16(15)18/h3-4,7-8,14H,5-6,9-13,19H2,1-2H3. The monoisotopic (exact) mass is 278 g/mol. The smallest absolute Gasteiger partial charge is 0.126 e. The molecule has 1 aliphatic heterocycles. The molecule has 1 aliphatic rings. The van der Waals surface area contributed by atoms with Gasteiger partial charge in [-0.2, -0.15) is 0 Å². The van der Waals surface area contributed by atoms with Gasteiger partial charge in [0.15, 0.2) is 0 Å². The van der Waals surface area contributed by atoms with Gasteiger partial charge >= 0.3 is 0 Å². The molecule has 0 amide bonds. The van der Waals surface area contributed by atoms with Crippen LogP contribution in [0.25, 0.3) is 0 Å². The number of hydrogen-bond donors (Lipinski definition) is 1. The summed E-state index contributed by atoms with van der Waals surface area (Å²) in [4.78, 5) is 2.48. The minimum absolute atomic E-state index is 0.115. The Balaban J connectivity index is 2.14. The van der Waals surface area contributed by atoms with E-state index in [0.717, 1.165) is 24.6 Å². The molecule has 20 heavy (non-hydrogen) atoms. The Morgan fingerprint density at radius 3 is 2.75 bits per heavy atom. The van der Waals surface area contributed by atoms with E-state index in [2.05, 4.69) is 18.7 Å². The van der Waals surface area contributed by atoms with Gasteiger partial charge in [-0.1, -0.05) is 25.1 Å². The largest absolute Gasteiger partial charge is 0.329 e. The van der Waals surface area contributed by atoms with E-state index >= 15 is 0 Å². The van der Waals surface area contributed by atoms with Crippen LogP contribution in [-0.2, 0) is 6.42 Å². The third kappa shape index (κ3) is 3.58. The fraction of sp³-hybridized carbons (Fsp3) is 0.647. The van der Waals surface area contributed by atoms with Crippen LogP contribution in [0.1, 0.15) is 38.7 Å². The number of benzene rings is 1. The van der Waals surface area contributed by atoms with Crippen LogP contribution in [-0.4, -0.2) is 30.1 Å². The Morgan fingerprint density at radius 1 is 1.30 bits per heavy atom. The summed E-state index contributed by atoms with van der Waals surface area (Å²) in [5.74, 6) is 0.672. The highest BCUT2D eigenvalue weighted by Crippen LogP contribution is 2.26. The second-order valence-electron chi connectivity index (χ2n) is 6.49. The Bertz CT molecular complexity index is 435. The van der Waals surface area contributed by atoms with Crippen LogP contribution in [0.3, 0.4) is 0 Å². The second kappa shape index (κ2) is 6.68. The lowest BCUT2D eigenvalue weighted by molar-refractivity contribution is 0.112. The summed E-state index contributed by atoms with van der Waals surface area (Å²) in [7, 11) is 0. The molecule has 3 heteroatoms. The molecular weight excluding hydrogens is 251 g/mol. The fourth-order valence-electron chi connectivity index (χ4n) is 3.17. The molecule has 0 aromatic heterocycles. The third-order valence-electron chi connectivity index (χ3n) is 4.75. The molecule has 1 heterocycles. The highest BCUT2D eigenvalue weighted by molar-refractivity contribution is 5.20. The van der Waals surface area contributed by atoms with Crippen LogP contribution in [0.2, 0.25) is 0 Å². The molecular formula is C17H27FN2. The van der Waals surface area contributed by atoms with Crippen molar-refractivity contribution >= 4 is 0 Å². The molecule has 1 fully saturated rings. The highest BCUT2D eigenvalue weighted by Gasteiger charge is 2.32. The van der Waals surface area contributed by atoms with E-state index in [4.69, 9.17) is 5.73 Å². The Kier molecular flexibility index (Phi) is 5.17. The van der Waals surface area contributed by atoms with Gasteiger partial charge in [0.2, 0.25) is 0 Å². The molecule has 0 radical (unpaired) electrons. The van der Waals surface area contributed by atoms with E-state index in [1.165, 1.54) is 25.3 Å². The summed E-state index contributed by atoms with van der Waals surface area (Å²) in [5.41, 5.74) is 6.69. The van der Waals surface area contributed by atoms with Gasteiger partial charge < -0.3 is 5.73 Å². The summed E-state index contributed by atoms with van der Waals surface area (Å²) in [6.07, 6.45) is 4.41. The molecule has 1 aromatic rings. The molecule has 112 valence electrons.